The van der Waals surface area contributed by atoms with Gasteiger partial charge in [0.05, 0.1) is 20.3 Å². The number of ether oxygens (including phenoxy) is 2. The Bertz CT molecular complexity index is 884. The summed E-state index contributed by atoms with van der Waals surface area (Å²) in [5.74, 6) is 1.64. The van der Waals surface area contributed by atoms with E-state index in [9.17, 15) is 0 Å². The van der Waals surface area contributed by atoms with Crippen molar-refractivity contribution in [2.24, 2.45) is 0 Å². The summed E-state index contributed by atoms with van der Waals surface area (Å²) >= 11 is 1.58. The van der Waals surface area contributed by atoms with Crippen molar-refractivity contribution in [3.63, 3.8) is 0 Å². The maximum atomic E-state index is 5.61. The minimum Gasteiger partial charge on any atom is -0.497 e. The molecule has 1 fully saturated rings. The average molecular weight is 368 g/mol. The maximum Gasteiger partial charge on any atom is 0.209 e. The molecule has 2 aromatic heterocycles. The smallest absolute Gasteiger partial charge is 0.209 e. The monoisotopic (exact) mass is 368 g/mol. The molecule has 1 atom stereocenters. The zero-order chi connectivity index (χ0) is 17.9. The van der Waals surface area contributed by atoms with Crippen LogP contribution >= 0.6 is 11.3 Å². The minimum absolute atomic E-state index is 0.223. The molecule has 3 heterocycles. The molecular formula is C19H20N4O2S. The first-order chi connectivity index (χ1) is 12.8. The molecule has 0 spiro atoms. The lowest BCUT2D eigenvalue weighted by Crippen LogP contribution is -2.22. The van der Waals surface area contributed by atoms with Crippen LogP contribution in [0, 0.1) is 0 Å². The van der Waals surface area contributed by atoms with Crippen LogP contribution in [0.25, 0.3) is 10.7 Å². The molecule has 1 aromatic carbocycles. The molecule has 0 N–H and O–H groups in total. The summed E-state index contributed by atoms with van der Waals surface area (Å²) < 4.78 is 10.9. The maximum absolute atomic E-state index is 5.61. The van der Waals surface area contributed by atoms with Gasteiger partial charge in [-0.15, -0.1) is 10.2 Å². The van der Waals surface area contributed by atoms with Crippen LogP contribution in [0.3, 0.4) is 0 Å². The molecule has 0 radical (unpaired) electrons. The molecule has 0 bridgehead atoms. The second kappa shape index (κ2) is 7.29. The lowest BCUT2D eigenvalue weighted by molar-refractivity contribution is 0.388. The summed E-state index contributed by atoms with van der Waals surface area (Å²) in [4.78, 5) is 6.68. The van der Waals surface area contributed by atoms with Gasteiger partial charge >= 0.3 is 0 Å². The zero-order valence-corrected chi connectivity index (χ0v) is 15.6. The number of anilines is 1. The summed E-state index contributed by atoms with van der Waals surface area (Å²) in [5.41, 5.74) is 2.01. The average Bonchev–Trinajstić information content (AvgIpc) is 3.37. The predicted octanol–water partition coefficient (Wildman–Crippen LogP) is 3.96. The van der Waals surface area contributed by atoms with Gasteiger partial charge in [-0.1, -0.05) is 17.4 Å². The Balaban J connectivity index is 1.65. The van der Waals surface area contributed by atoms with Crippen molar-refractivity contribution >= 4 is 16.5 Å². The van der Waals surface area contributed by atoms with Gasteiger partial charge in [0, 0.05) is 24.4 Å². The standard InChI is InChI=1S/C19H20N4O2S/c1-24-13-8-9-14(17(12-13)25-2)16-7-5-11-23(16)19-22-21-18(26-19)15-6-3-4-10-20-15/h3-4,6,8-10,12,16H,5,7,11H2,1-2H3. The van der Waals surface area contributed by atoms with Crippen molar-refractivity contribution in [2.45, 2.75) is 18.9 Å². The zero-order valence-electron chi connectivity index (χ0n) is 14.8. The number of nitrogens with zero attached hydrogens (tertiary/aromatic N) is 4. The highest BCUT2D eigenvalue weighted by Gasteiger charge is 2.31. The molecule has 1 saturated heterocycles. The Morgan fingerprint density at radius 1 is 1.12 bits per heavy atom. The topological polar surface area (TPSA) is 60.4 Å². The van der Waals surface area contributed by atoms with Gasteiger partial charge in [0.15, 0.2) is 5.01 Å². The number of pyridine rings is 1. The summed E-state index contributed by atoms with van der Waals surface area (Å²) in [7, 11) is 3.36. The van der Waals surface area contributed by atoms with Gasteiger partial charge in [0.25, 0.3) is 0 Å². The van der Waals surface area contributed by atoms with Crippen molar-refractivity contribution in [1.82, 2.24) is 15.2 Å². The van der Waals surface area contributed by atoms with E-state index in [1.807, 2.05) is 30.3 Å². The third-order valence-corrected chi connectivity index (χ3v) is 5.58. The van der Waals surface area contributed by atoms with Crippen molar-refractivity contribution in [2.75, 3.05) is 25.7 Å². The lowest BCUT2D eigenvalue weighted by atomic mass is 10.0. The number of rotatable bonds is 5. The van der Waals surface area contributed by atoms with Crippen LogP contribution in [0.4, 0.5) is 5.13 Å². The number of methoxy groups -OCH3 is 2. The van der Waals surface area contributed by atoms with E-state index >= 15 is 0 Å². The summed E-state index contributed by atoms with van der Waals surface area (Å²) in [6, 6.07) is 12.0. The van der Waals surface area contributed by atoms with Gasteiger partial charge < -0.3 is 14.4 Å². The molecule has 7 heteroatoms. The third-order valence-electron chi connectivity index (χ3n) is 4.60. The number of aromatic nitrogens is 3. The molecule has 3 aromatic rings. The first-order valence-electron chi connectivity index (χ1n) is 8.53. The second-order valence-corrected chi connectivity index (χ2v) is 7.02. The van der Waals surface area contributed by atoms with E-state index in [1.165, 1.54) is 0 Å². The largest absolute Gasteiger partial charge is 0.497 e. The van der Waals surface area contributed by atoms with Crippen LogP contribution < -0.4 is 14.4 Å². The molecule has 0 amide bonds. The minimum atomic E-state index is 0.223. The van der Waals surface area contributed by atoms with Crippen molar-refractivity contribution < 1.29 is 9.47 Å². The fourth-order valence-electron chi connectivity index (χ4n) is 3.34. The summed E-state index contributed by atoms with van der Waals surface area (Å²) in [6.07, 6.45) is 3.94. The summed E-state index contributed by atoms with van der Waals surface area (Å²) in [6.45, 7) is 0.955. The highest BCUT2D eigenvalue weighted by Crippen LogP contribution is 2.42. The molecule has 134 valence electrons. The Hall–Kier alpha value is -2.67. The fourth-order valence-corrected chi connectivity index (χ4v) is 4.23. The SMILES string of the molecule is COc1ccc(C2CCCN2c2nnc(-c3ccccn3)s2)c(OC)c1. The number of hydrogen-bond donors (Lipinski definition) is 0. The van der Waals surface area contributed by atoms with Gasteiger partial charge in [-0.2, -0.15) is 0 Å². The van der Waals surface area contributed by atoms with E-state index in [2.05, 4.69) is 26.1 Å². The Morgan fingerprint density at radius 2 is 2.04 bits per heavy atom. The molecule has 0 saturated carbocycles. The highest BCUT2D eigenvalue weighted by atomic mass is 32.1. The molecule has 1 unspecified atom stereocenters. The van der Waals surface area contributed by atoms with E-state index in [0.717, 1.165) is 52.3 Å². The highest BCUT2D eigenvalue weighted by molar-refractivity contribution is 7.18. The van der Waals surface area contributed by atoms with Gasteiger partial charge in [-0.05, 0) is 37.1 Å². The van der Waals surface area contributed by atoms with Gasteiger partial charge in [0.2, 0.25) is 5.13 Å². The first-order valence-corrected chi connectivity index (χ1v) is 9.35. The molecule has 26 heavy (non-hydrogen) atoms. The normalized spacial score (nSPS) is 16.7. The molecule has 1 aliphatic rings. The van der Waals surface area contributed by atoms with Crippen molar-refractivity contribution in [3.05, 3.63) is 48.2 Å². The van der Waals surface area contributed by atoms with Crippen LogP contribution in [-0.2, 0) is 0 Å². The van der Waals surface area contributed by atoms with E-state index in [0.29, 0.717) is 0 Å². The van der Waals surface area contributed by atoms with Crippen LogP contribution in [-0.4, -0.2) is 35.9 Å². The second-order valence-electron chi connectivity index (χ2n) is 6.06. The van der Waals surface area contributed by atoms with Gasteiger partial charge in [-0.25, -0.2) is 0 Å². The molecular weight excluding hydrogens is 348 g/mol. The van der Waals surface area contributed by atoms with Crippen molar-refractivity contribution in [1.29, 1.82) is 0 Å². The van der Waals surface area contributed by atoms with Crippen LogP contribution in [0.2, 0.25) is 0 Å². The molecule has 6 nitrogen and oxygen atoms in total. The Kier molecular flexibility index (Phi) is 4.71. The first kappa shape index (κ1) is 16.8. The molecule has 4 rings (SSSR count). The van der Waals surface area contributed by atoms with E-state index < -0.39 is 0 Å². The molecule has 1 aliphatic heterocycles. The fraction of sp³-hybridized carbons (Fsp3) is 0.316. The number of benzene rings is 1. The van der Waals surface area contributed by atoms with Gasteiger partial charge in [0.1, 0.15) is 17.2 Å². The third kappa shape index (κ3) is 3.10. The number of hydrogen-bond acceptors (Lipinski definition) is 7. The van der Waals surface area contributed by atoms with E-state index in [1.54, 1.807) is 31.8 Å². The lowest BCUT2D eigenvalue weighted by Gasteiger charge is -2.25. The van der Waals surface area contributed by atoms with E-state index in [-0.39, 0.29) is 6.04 Å². The predicted molar refractivity (Wildman–Crippen MR) is 102 cm³/mol. The Morgan fingerprint density at radius 3 is 2.81 bits per heavy atom. The quantitative estimate of drug-likeness (QED) is 0.679. The van der Waals surface area contributed by atoms with Crippen LogP contribution in [0.15, 0.2) is 42.6 Å². The van der Waals surface area contributed by atoms with Gasteiger partial charge in [-0.3, -0.25) is 4.98 Å². The van der Waals surface area contributed by atoms with Crippen LogP contribution in [0.5, 0.6) is 11.5 Å². The van der Waals surface area contributed by atoms with E-state index in [4.69, 9.17) is 9.47 Å². The summed E-state index contributed by atoms with van der Waals surface area (Å²) in [5, 5.41) is 10.5. The Labute approximate surface area is 156 Å². The van der Waals surface area contributed by atoms with Crippen molar-refractivity contribution in [3.8, 4) is 22.2 Å². The van der Waals surface area contributed by atoms with Crippen LogP contribution in [0.1, 0.15) is 24.4 Å². The molecule has 0 aliphatic carbocycles.